The molecule has 1 aromatic carbocycles. The fraction of sp³-hybridized carbons (Fsp3) is 0.600. The first-order chi connectivity index (χ1) is 9.29. The Morgan fingerprint density at radius 2 is 2.05 bits per heavy atom. The number of hydrogen-bond donors (Lipinski definition) is 1. The summed E-state index contributed by atoms with van der Waals surface area (Å²) in [5.74, 6) is 1.09. The molecule has 1 saturated heterocycles. The van der Waals surface area contributed by atoms with Gasteiger partial charge in [0.25, 0.3) is 0 Å². The molecule has 1 saturated carbocycles. The van der Waals surface area contributed by atoms with Gasteiger partial charge in [-0.25, -0.2) is 4.39 Å². The largest absolute Gasteiger partial charge is 0.497 e. The topological polar surface area (TPSA) is 24.5 Å². The van der Waals surface area contributed by atoms with E-state index in [1.165, 1.54) is 18.9 Å². The van der Waals surface area contributed by atoms with E-state index in [9.17, 15) is 4.39 Å². The van der Waals surface area contributed by atoms with E-state index in [0.29, 0.717) is 11.7 Å². The number of piperazine rings is 1. The van der Waals surface area contributed by atoms with Crippen LogP contribution in [0.15, 0.2) is 18.2 Å². The number of ether oxygens (including phenoxy) is 1. The molecule has 4 heteroatoms. The molecule has 2 aliphatic rings. The Morgan fingerprint density at radius 1 is 1.32 bits per heavy atom. The van der Waals surface area contributed by atoms with E-state index in [-0.39, 0.29) is 11.9 Å². The van der Waals surface area contributed by atoms with Crippen molar-refractivity contribution >= 4 is 0 Å². The van der Waals surface area contributed by atoms with Crippen LogP contribution in [0.25, 0.3) is 0 Å². The Morgan fingerprint density at radius 3 is 2.63 bits per heavy atom. The maximum absolute atomic E-state index is 14.3. The van der Waals surface area contributed by atoms with Crippen LogP contribution in [0, 0.1) is 11.7 Å². The lowest BCUT2D eigenvalue weighted by molar-refractivity contribution is 0.153. The normalized spacial score (nSPS) is 22.2. The molecule has 104 valence electrons. The van der Waals surface area contributed by atoms with Crippen LogP contribution in [-0.2, 0) is 0 Å². The highest BCUT2D eigenvalue weighted by molar-refractivity contribution is 5.32. The van der Waals surface area contributed by atoms with Gasteiger partial charge >= 0.3 is 0 Å². The molecule has 0 aromatic heterocycles. The second-order valence-electron chi connectivity index (χ2n) is 5.46. The van der Waals surface area contributed by atoms with Gasteiger partial charge < -0.3 is 10.1 Å². The van der Waals surface area contributed by atoms with Crippen molar-refractivity contribution in [1.29, 1.82) is 0 Å². The standard InChI is InChI=1S/C15H21FN2O/c1-19-12-4-5-13(14(16)10-12)15(11-2-3-11)18-8-6-17-7-9-18/h4-5,10-11,15,17H,2-3,6-9H2,1H3/t15-/m0/s1. The molecule has 0 unspecified atom stereocenters. The summed E-state index contributed by atoms with van der Waals surface area (Å²) < 4.78 is 19.4. The molecule has 0 radical (unpaired) electrons. The Bertz CT molecular complexity index is 442. The van der Waals surface area contributed by atoms with Crippen molar-refractivity contribution in [3.8, 4) is 5.75 Å². The van der Waals surface area contributed by atoms with Crippen molar-refractivity contribution in [3.05, 3.63) is 29.6 Å². The molecule has 0 spiro atoms. The molecule has 1 aliphatic carbocycles. The quantitative estimate of drug-likeness (QED) is 0.902. The van der Waals surface area contributed by atoms with Gasteiger partial charge in [-0.05, 0) is 24.8 Å². The van der Waals surface area contributed by atoms with Crippen LogP contribution in [-0.4, -0.2) is 38.2 Å². The van der Waals surface area contributed by atoms with E-state index in [4.69, 9.17) is 4.74 Å². The zero-order valence-corrected chi connectivity index (χ0v) is 11.4. The minimum Gasteiger partial charge on any atom is -0.497 e. The van der Waals surface area contributed by atoms with Crippen LogP contribution in [0.3, 0.4) is 0 Å². The van der Waals surface area contributed by atoms with E-state index in [0.717, 1.165) is 31.7 Å². The smallest absolute Gasteiger partial charge is 0.131 e. The SMILES string of the molecule is COc1ccc([C@H](C2CC2)N2CCNCC2)c(F)c1. The monoisotopic (exact) mass is 264 g/mol. The third-order valence-corrected chi connectivity index (χ3v) is 4.14. The van der Waals surface area contributed by atoms with Crippen LogP contribution in [0.2, 0.25) is 0 Å². The molecular formula is C15H21FN2O. The van der Waals surface area contributed by atoms with Crippen LogP contribution in [0.5, 0.6) is 5.75 Å². The van der Waals surface area contributed by atoms with Gasteiger partial charge in [-0.2, -0.15) is 0 Å². The van der Waals surface area contributed by atoms with E-state index < -0.39 is 0 Å². The van der Waals surface area contributed by atoms with Crippen LogP contribution in [0.1, 0.15) is 24.4 Å². The summed E-state index contributed by atoms with van der Waals surface area (Å²) in [6, 6.07) is 5.52. The predicted molar refractivity (Wildman–Crippen MR) is 72.9 cm³/mol. The molecule has 0 bridgehead atoms. The summed E-state index contributed by atoms with van der Waals surface area (Å²) in [6.45, 7) is 4.02. The van der Waals surface area contributed by atoms with Crippen LogP contribution >= 0.6 is 0 Å². The van der Waals surface area contributed by atoms with Crippen molar-refractivity contribution in [1.82, 2.24) is 10.2 Å². The van der Waals surface area contributed by atoms with Crippen molar-refractivity contribution in [3.63, 3.8) is 0 Å². The Balaban J connectivity index is 1.86. The summed E-state index contributed by atoms with van der Waals surface area (Å²) in [6.07, 6.45) is 2.44. The molecule has 0 amide bonds. The van der Waals surface area contributed by atoms with Crippen LogP contribution < -0.4 is 10.1 Å². The lowest BCUT2D eigenvalue weighted by atomic mass is 9.99. The minimum atomic E-state index is -0.130. The second-order valence-corrected chi connectivity index (χ2v) is 5.46. The average molecular weight is 264 g/mol. The summed E-state index contributed by atoms with van der Waals surface area (Å²) >= 11 is 0. The zero-order chi connectivity index (χ0) is 13.2. The minimum absolute atomic E-state index is 0.130. The molecule has 1 atom stereocenters. The van der Waals surface area contributed by atoms with Crippen molar-refractivity contribution < 1.29 is 9.13 Å². The maximum atomic E-state index is 14.3. The summed E-state index contributed by atoms with van der Waals surface area (Å²) in [5, 5.41) is 3.36. The third kappa shape index (κ3) is 2.74. The van der Waals surface area contributed by atoms with Crippen molar-refractivity contribution in [2.45, 2.75) is 18.9 Å². The maximum Gasteiger partial charge on any atom is 0.131 e. The molecule has 3 rings (SSSR count). The fourth-order valence-corrected chi connectivity index (χ4v) is 3.00. The zero-order valence-electron chi connectivity index (χ0n) is 11.4. The summed E-state index contributed by atoms with van der Waals surface area (Å²) in [5.41, 5.74) is 0.838. The average Bonchev–Trinajstić information content (AvgIpc) is 3.27. The second kappa shape index (κ2) is 5.47. The van der Waals surface area contributed by atoms with E-state index in [1.807, 2.05) is 12.1 Å². The van der Waals surface area contributed by atoms with E-state index in [1.54, 1.807) is 7.11 Å². The number of benzene rings is 1. The Hall–Kier alpha value is -1.13. The number of nitrogens with zero attached hydrogens (tertiary/aromatic N) is 1. The van der Waals surface area contributed by atoms with E-state index >= 15 is 0 Å². The van der Waals surface area contributed by atoms with Gasteiger partial charge in [-0.15, -0.1) is 0 Å². The highest BCUT2D eigenvalue weighted by Gasteiger charge is 2.38. The molecule has 1 aliphatic heterocycles. The number of rotatable bonds is 4. The fourth-order valence-electron chi connectivity index (χ4n) is 3.00. The van der Waals surface area contributed by atoms with Gasteiger partial charge in [0.2, 0.25) is 0 Å². The predicted octanol–water partition coefficient (Wildman–Crippen LogP) is 2.19. The first-order valence-corrected chi connectivity index (χ1v) is 7.08. The molecular weight excluding hydrogens is 243 g/mol. The number of hydrogen-bond acceptors (Lipinski definition) is 3. The summed E-state index contributed by atoms with van der Waals surface area (Å²) in [7, 11) is 1.57. The lowest BCUT2D eigenvalue weighted by Crippen LogP contribution is -2.45. The van der Waals surface area contributed by atoms with Gasteiger partial charge in [0.1, 0.15) is 11.6 Å². The summed E-state index contributed by atoms with van der Waals surface area (Å²) in [4.78, 5) is 2.43. The van der Waals surface area contributed by atoms with Gasteiger partial charge in [0.05, 0.1) is 7.11 Å². The first-order valence-electron chi connectivity index (χ1n) is 7.08. The lowest BCUT2D eigenvalue weighted by Gasteiger charge is -2.35. The van der Waals surface area contributed by atoms with Gasteiger partial charge in [-0.3, -0.25) is 4.90 Å². The van der Waals surface area contributed by atoms with E-state index in [2.05, 4.69) is 10.2 Å². The molecule has 19 heavy (non-hydrogen) atoms. The first kappa shape index (κ1) is 12.9. The third-order valence-electron chi connectivity index (χ3n) is 4.14. The highest BCUT2D eigenvalue weighted by Crippen LogP contribution is 2.45. The highest BCUT2D eigenvalue weighted by atomic mass is 19.1. The molecule has 1 N–H and O–H groups in total. The number of halogens is 1. The van der Waals surface area contributed by atoms with Crippen LogP contribution in [0.4, 0.5) is 4.39 Å². The van der Waals surface area contributed by atoms with Gasteiger partial charge in [0, 0.05) is 43.9 Å². The molecule has 3 nitrogen and oxygen atoms in total. The number of nitrogens with one attached hydrogen (secondary N) is 1. The van der Waals surface area contributed by atoms with Crippen molar-refractivity contribution in [2.75, 3.05) is 33.3 Å². The Kier molecular flexibility index (Phi) is 3.71. The molecule has 2 fully saturated rings. The van der Waals surface area contributed by atoms with Gasteiger partial charge in [-0.1, -0.05) is 6.07 Å². The van der Waals surface area contributed by atoms with Gasteiger partial charge in [0.15, 0.2) is 0 Å². The van der Waals surface area contributed by atoms with Crippen molar-refractivity contribution in [2.24, 2.45) is 5.92 Å². The number of methoxy groups -OCH3 is 1. The Labute approximate surface area is 113 Å². The molecule has 1 heterocycles. The molecule has 1 aromatic rings.